The molecule has 1 aliphatic heterocycles. The zero-order valence-electron chi connectivity index (χ0n) is 20.5. The molecule has 1 amide bonds. The van der Waals surface area contributed by atoms with Crippen molar-refractivity contribution in [3.05, 3.63) is 39.6 Å². The zero-order chi connectivity index (χ0) is 26.0. The van der Waals surface area contributed by atoms with Crippen LogP contribution in [0.5, 0.6) is 0 Å². The fourth-order valence-corrected chi connectivity index (χ4v) is 8.03. The number of likely N-dealkylation sites (tertiary alicyclic amines) is 1. The van der Waals surface area contributed by atoms with E-state index in [1.54, 1.807) is 17.5 Å². The smallest absolute Gasteiger partial charge is 0.417 e. The molecule has 0 N–H and O–H groups in total. The first-order chi connectivity index (χ1) is 16.8. The van der Waals surface area contributed by atoms with Crippen molar-refractivity contribution < 1.29 is 27.5 Å². The van der Waals surface area contributed by atoms with E-state index in [0.29, 0.717) is 11.4 Å². The van der Waals surface area contributed by atoms with Crippen LogP contribution in [-0.2, 0) is 15.7 Å². The number of halogens is 3. The van der Waals surface area contributed by atoms with Gasteiger partial charge in [0.05, 0.1) is 16.1 Å². The quantitative estimate of drug-likeness (QED) is 0.339. The Morgan fingerprint density at radius 1 is 1.25 bits per heavy atom. The molecule has 2 aliphatic rings. The molecule has 1 saturated carbocycles. The Morgan fingerprint density at radius 3 is 2.67 bits per heavy atom. The van der Waals surface area contributed by atoms with Crippen molar-refractivity contribution >= 4 is 44.8 Å². The van der Waals surface area contributed by atoms with Crippen molar-refractivity contribution in [2.24, 2.45) is 10.8 Å². The maximum absolute atomic E-state index is 14.0. The van der Waals surface area contributed by atoms with Crippen molar-refractivity contribution in [2.75, 3.05) is 13.2 Å². The minimum atomic E-state index is -4.62. The van der Waals surface area contributed by atoms with Gasteiger partial charge in [-0.05, 0) is 60.1 Å². The van der Waals surface area contributed by atoms with E-state index in [4.69, 9.17) is 4.74 Å². The Bertz CT molecular complexity index is 1350. The van der Waals surface area contributed by atoms with Crippen LogP contribution in [0, 0.1) is 17.8 Å². The van der Waals surface area contributed by atoms with E-state index >= 15 is 0 Å². The summed E-state index contributed by atoms with van der Waals surface area (Å²) in [6.45, 7) is 8.27. The van der Waals surface area contributed by atoms with E-state index in [1.807, 2.05) is 4.90 Å². The van der Waals surface area contributed by atoms with Crippen LogP contribution in [0.3, 0.4) is 0 Å². The topological polar surface area (TPSA) is 59.5 Å². The highest BCUT2D eigenvalue weighted by Crippen LogP contribution is 2.52. The van der Waals surface area contributed by atoms with Gasteiger partial charge in [0.2, 0.25) is 0 Å². The molecule has 2 atom stereocenters. The summed E-state index contributed by atoms with van der Waals surface area (Å²) in [7, 11) is 0. The van der Waals surface area contributed by atoms with Gasteiger partial charge in [0.25, 0.3) is 5.91 Å². The summed E-state index contributed by atoms with van der Waals surface area (Å²) in [5.41, 5.74) is -0.273. The number of aromatic nitrogens is 1. The first-order valence-corrected chi connectivity index (χ1v) is 13.5. The molecule has 5 rings (SSSR count). The molecule has 0 unspecified atom stereocenters. The number of pyridine rings is 1. The van der Waals surface area contributed by atoms with Crippen molar-refractivity contribution in [3.63, 3.8) is 0 Å². The van der Waals surface area contributed by atoms with E-state index in [1.165, 1.54) is 18.3 Å². The van der Waals surface area contributed by atoms with Gasteiger partial charge in [-0.1, -0.05) is 26.8 Å². The van der Waals surface area contributed by atoms with Crippen LogP contribution >= 0.6 is 22.7 Å². The first-order valence-electron chi connectivity index (χ1n) is 11.8. The molecule has 3 aromatic heterocycles. The predicted octanol–water partition coefficient (Wildman–Crippen LogP) is 6.94. The van der Waals surface area contributed by atoms with Gasteiger partial charge in [-0.15, -0.1) is 22.7 Å². The van der Waals surface area contributed by atoms with Crippen molar-refractivity contribution in [2.45, 2.75) is 59.2 Å². The summed E-state index contributed by atoms with van der Waals surface area (Å²) in [5.74, 6) is -1.06. The van der Waals surface area contributed by atoms with Crippen molar-refractivity contribution in [1.82, 2.24) is 9.88 Å². The lowest BCUT2D eigenvalue weighted by Gasteiger charge is -2.39. The standard InChI is InChI=1S/C26H27F3N2O3S2/c1-14-20-16(26(27,28)29)8-17(18-6-5-7-35-18)30-22(20)36-21(14)23(33)34-11-19(32)31-13-25(4)10-15(31)9-24(2,3)12-25/h5-8,15H,9-13H2,1-4H3/t15-,25-/m1/s1. The normalized spacial score (nSPS) is 23.3. The number of alkyl halides is 3. The molecule has 0 spiro atoms. The highest BCUT2D eigenvalue weighted by molar-refractivity contribution is 7.20. The maximum Gasteiger partial charge on any atom is 0.417 e. The number of carbonyl (C=O) groups excluding carboxylic acids is 2. The summed E-state index contributed by atoms with van der Waals surface area (Å²) < 4.78 is 47.2. The van der Waals surface area contributed by atoms with Gasteiger partial charge in [-0.2, -0.15) is 13.2 Å². The van der Waals surface area contributed by atoms with Crippen LogP contribution in [-0.4, -0.2) is 41.0 Å². The monoisotopic (exact) mass is 536 g/mol. The summed E-state index contributed by atoms with van der Waals surface area (Å²) in [6.07, 6.45) is -1.75. The number of carbonyl (C=O) groups is 2. The Kier molecular flexibility index (Phi) is 5.98. The van der Waals surface area contributed by atoms with Gasteiger partial charge in [-0.25, -0.2) is 9.78 Å². The van der Waals surface area contributed by atoms with E-state index in [2.05, 4.69) is 25.8 Å². The summed E-state index contributed by atoms with van der Waals surface area (Å²) in [5, 5.41) is 1.67. The van der Waals surface area contributed by atoms with E-state index < -0.39 is 24.3 Å². The number of fused-ring (bicyclic) bond motifs is 3. The molecule has 4 heterocycles. The molecule has 0 radical (unpaired) electrons. The Labute approximate surface area is 215 Å². The summed E-state index contributed by atoms with van der Waals surface area (Å²) >= 11 is 2.16. The number of esters is 1. The number of amides is 1. The third kappa shape index (κ3) is 4.53. The number of aryl methyl sites for hydroxylation is 1. The van der Waals surface area contributed by atoms with Gasteiger partial charge < -0.3 is 9.64 Å². The van der Waals surface area contributed by atoms with Crippen LogP contribution < -0.4 is 0 Å². The third-order valence-corrected chi connectivity index (χ3v) is 9.29. The minimum Gasteiger partial charge on any atom is -0.451 e. The largest absolute Gasteiger partial charge is 0.451 e. The molecule has 1 aliphatic carbocycles. The number of hydrogen-bond acceptors (Lipinski definition) is 6. The fourth-order valence-electron chi connectivity index (χ4n) is 6.24. The Hall–Kier alpha value is -2.46. The zero-order valence-corrected chi connectivity index (χ0v) is 22.1. The highest BCUT2D eigenvalue weighted by atomic mass is 32.1. The number of rotatable bonds is 4. The van der Waals surface area contributed by atoms with Gasteiger partial charge in [0.1, 0.15) is 9.71 Å². The Morgan fingerprint density at radius 2 is 2.00 bits per heavy atom. The second-order valence-electron chi connectivity index (χ2n) is 11.1. The van der Waals surface area contributed by atoms with Crippen LogP contribution in [0.2, 0.25) is 0 Å². The lowest BCUT2D eigenvalue weighted by Crippen LogP contribution is -2.39. The van der Waals surface area contributed by atoms with Gasteiger partial charge in [0, 0.05) is 18.0 Å². The Balaban J connectivity index is 1.39. The second-order valence-corrected chi connectivity index (χ2v) is 13.0. The van der Waals surface area contributed by atoms with E-state index in [-0.39, 0.29) is 49.1 Å². The molecule has 36 heavy (non-hydrogen) atoms. The van der Waals surface area contributed by atoms with Gasteiger partial charge in [0.15, 0.2) is 6.61 Å². The number of ether oxygens (including phenoxy) is 1. The molecule has 10 heteroatoms. The number of nitrogens with zero attached hydrogens (tertiary/aromatic N) is 2. The molecular weight excluding hydrogens is 509 g/mol. The van der Waals surface area contributed by atoms with Crippen LogP contribution in [0.4, 0.5) is 13.2 Å². The SMILES string of the molecule is Cc1c(C(=O)OCC(=O)N2C[C@]3(C)C[C@H]2CC(C)(C)C3)sc2nc(-c3cccs3)cc(C(F)(F)F)c12. The summed E-state index contributed by atoms with van der Waals surface area (Å²) in [6, 6.07) is 4.59. The highest BCUT2D eigenvalue weighted by Gasteiger charge is 2.51. The van der Waals surface area contributed by atoms with Crippen LogP contribution in [0.25, 0.3) is 20.8 Å². The lowest BCUT2D eigenvalue weighted by atomic mass is 9.65. The average Bonchev–Trinajstić information content (AvgIpc) is 3.47. The molecule has 0 aromatic carbocycles. The fraction of sp³-hybridized carbons (Fsp3) is 0.500. The number of hydrogen-bond donors (Lipinski definition) is 0. The second kappa shape index (κ2) is 8.55. The average molecular weight is 537 g/mol. The molecular formula is C26H27F3N2O3S2. The molecule has 3 aromatic rings. The number of thiophene rings is 2. The first kappa shape index (κ1) is 25.2. The van der Waals surface area contributed by atoms with Crippen LogP contribution in [0.1, 0.15) is 60.8 Å². The predicted molar refractivity (Wildman–Crippen MR) is 134 cm³/mol. The summed E-state index contributed by atoms with van der Waals surface area (Å²) in [4.78, 5) is 32.9. The molecule has 1 saturated heterocycles. The minimum absolute atomic E-state index is 0.0346. The van der Waals surface area contributed by atoms with E-state index in [9.17, 15) is 22.8 Å². The molecule has 2 bridgehead atoms. The van der Waals surface area contributed by atoms with Crippen LogP contribution in [0.15, 0.2) is 23.6 Å². The van der Waals surface area contributed by atoms with Gasteiger partial charge in [-0.3, -0.25) is 4.79 Å². The molecule has 2 fully saturated rings. The third-order valence-electron chi connectivity index (χ3n) is 7.23. The van der Waals surface area contributed by atoms with Crippen molar-refractivity contribution in [3.8, 4) is 10.6 Å². The van der Waals surface area contributed by atoms with Gasteiger partial charge >= 0.3 is 12.1 Å². The van der Waals surface area contributed by atoms with E-state index in [0.717, 1.165) is 36.7 Å². The van der Waals surface area contributed by atoms with Crippen molar-refractivity contribution in [1.29, 1.82) is 0 Å². The molecule has 192 valence electrons. The maximum atomic E-state index is 14.0. The lowest BCUT2D eigenvalue weighted by molar-refractivity contribution is -0.136. The molecule has 5 nitrogen and oxygen atoms in total.